The van der Waals surface area contributed by atoms with Crippen LogP contribution < -0.4 is 10.1 Å². The lowest BCUT2D eigenvalue weighted by Gasteiger charge is -2.09. The van der Waals surface area contributed by atoms with Crippen LogP contribution in [0.4, 0.5) is 0 Å². The number of nitrogens with zero attached hydrogens (tertiary/aromatic N) is 3. The normalized spacial score (nSPS) is 11.0. The first-order valence-corrected chi connectivity index (χ1v) is 11.0. The second kappa shape index (κ2) is 10.9. The van der Waals surface area contributed by atoms with Gasteiger partial charge in [-0.2, -0.15) is 10.4 Å². The zero-order chi connectivity index (χ0) is 24.6. The fourth-order valence-electron chi connectivity index (χ4n) is 3.52. The van der Waals surface area contributed by atoms with E-state index < -0.39 is 5.91 Å². The summed E-state index contributed by atoms with van der Waals surface area (Å²) in [6.45, 7) is 6.23. The molecule has 174 valence electrons. The summed E-state index contributed by atoms with van der Waals surface area (Å²) in [6.07, 6.45) is 6.58. The van der Waals surface area contributed by atoms with Gasteiger partial charge in [0.1, 0.15) is 35.5 Å². The summed E-state index contributed by atoms with van der Waals surface area (Å²) >= 11 is 0. The van der Waals surface area contributed by atoms with E-state index >= 15 is 0 Å². The van der Waals surface area contributed by atoms with Gasteiger partial charge in [0.25, 0.3) is 5.91 Å². The monoisotopic (exact) mass is 464 g/mol. The van der Waals surface area contributed by atoms with Gasteiger partial charge in [0.2, 0.25) is 0 Å². The van der Waals surface area contributed by atoms with E-state index in [4.69, 9.17) is 14.3 Å². The molecule has 35 heavy (non-hydrogen) atoms. The topological polar surface area (TPSA) is 93.1 Å². The van der Waals surface area contributed by atoms with Crippen molar-refractivity contribution in [2.24, 2.45) is 0 Å². The van der Waals surface area contributed by atoms with Gasteiger partial charge in [0.15, 0.2) is 0 Å². The van der Waals surface area contributed by atoms with Crippen LogP contribution in [0.25, 0.3) is 23.0 Å². The van der Waals surface area contributed by atoms with Gasteiger partial charge in [0, 0.05) is 17.3 Å². The summed E-state index contributed by atoms with van der Waals surface area (Å²) in [7, 11) is 0. The minimum atomic E-state index is -0.494. The smallest absolute Gasteiger partial charge is 0.262 e. The molecule has 1 N–H and O–H groups in total. The maximum atomic E-state index is 12.7. The summed E-state index contributed by atoms with van der Waals surface area (Å²) in [5, 5.41) is 17.2. The number of hydrogen-bond donors (Lipinski definition) is 1. The number of rotatable bonds is 9. The van der Waals surface area contributed by atoms with Gasteiger partial charge in [-0.05, 0) is 61.0 Å². The van der Waals surface area contributed by atoms with Gasteiger partial charge in [-0.15, -0.1) is 0 Å². The third-order valence-corrected chi connectivity index (χ3v) is 5.24. The fraction of sp³-hybridized carbons (Fsp3) is 0.107. The van der Waals surface area contributed by atoms with Gasteiger partial charge >= 0.3 is 0 Å². The Bertz CT molecular complexity index is 1390. The maximum Gasteiger partial charge on any atom is 0.262 e. The highest BCUT2D eigenvalue weighted by Crippen LogP contribution is 2.30. The van der Waals surface area contributed by atoms with E-state index in [1.54, 1.807) is 35.2 Å². The molecule has 1 amide bonds. The minimum absolute atomic E-state index is 0.0342. The maximum absolute atomic E-state index is 12.7. The van der Waals surface area contributed by atoms with Gasteiger partial charge < -0.3 is 14.5 Å². The van der Waals surface area contributed by atoms with Crippen LogP contribution in [0.1, 0.15) is 16.9 Å². The van der Waals surface area contributed by atoms with Crippen molar-refractivity contribution in [3.63, 3.8) is 0 Å². The Balaban J connectivity index is 1.71. The molecule has 4 rings (SSSR count). The van der Waals surface area contributed by atoms with Crippen LogP contribution in [0.15, 0.2) is 95.8 Å². The zero-order valence-corrected chi connectivity index (χ0v) is 19.3. The number of ether oxygens (including phenoxy) is 1. The number of para-hydroxylation sites is 1. The minimum Gasteiger partial charge on any atom is -0.489 e. The Morgan fingerprint density at radius 3 is 2.74 bits per heavy atom. The molecule has 0 bridgehead atoms. The van der Waals surface area contributed by atoms with Crippen molar-refractivity contribution in [1.82, 2.24) is 15.1 Å². The van der Waals surface area contributed by atoms with E-state index in [1.165, 1.54) is 6.26 Å². The average Bonchev–Trinajstić information content (AvgIpc) is 3.56. The summed E-state index contributed by atoms with van der Waals surface area (Å²) in [5.74, 6) is 0.859. The second-order valence-electron chi connectivity index (χ2n) is 7.72. The first kappa shape index (κ1) is 23.3. The van der Waals surface area contributed by atoms with Crippen LogP contribution >= 0.6 is 0 Å². The number of nitrogens with one attached hydrogen (secondary N) is 1. The van der Waals surface area contributed by atoms with E-state index in [1.807, 2.05) is 61.5 Å². The second-order valence-corrected chi connectivity index (χ2v) is 7.72. The molecule has 0 aliphatic rings. The Morgan fingerprint density at radius 2 is 2.06 bits per heavy atom. The summed E-state index contributed by atoms with van der Waals surface area (Å²) in [4.78, 5) is 12.7. The number of aromatic nitrogens is 2. The molecule has 7 heteroatoms. The van der Waals surface area contributed by atoms with Crippen LogP contribution in [-0.4, -0.2) is 22.3 Å². The van der Waals surface area contributed by atoms with Crippen molar-refractivity contribution in [3.8, 4) is 28.8 Å². The van der Waals surface area contributed by atoms with Gasteiger partial charge in [-0.1, -0.05) is 30.9 Å². The van der Waals surface area contributed by atoms with Crippen molar-refractivity contribution in [2.75, 3.05) is 6.61 Å². The lowest BCUT2D eigenvalue weighted by Crippen LogP contribution is -2.23. The molecule has 2 aromatic carbocycles. The fourth-order valence-corrected chi connectivity index (χ4v) is 3.52. The molecule has 0 atom stereocenters. The highest BCUT2D eigenvalue weighted by atomic mass is 16.5. The largest absolute Gasteiger partial charge is 0.489 e. The lowest BCUT2D eigenvalue weighted by molar-refractivity contribution is -0.117. The Kier molecular flexibility index (Phi) is 7.24. The van der Waals surface area contributed by atoms with Crippen LogP contribution in [0, 0.1) is 18.3 Å². The molecule has 2 heterocycles. The van der Waals surface area contributed by atoms with Gasteiger partial charge in [0.05, 0.1) is 18.5 Å². The van der Waals surface area contributed by atoms with Crippen molar-refractivity contribution < 1.29 is 13.9 Å². The zero-order valence-electron chi connectivity index (χ0n) is 19.3. The van der Waals surface area contributed by atoms with E-state index in [9.17, 15) is 10.1 Å². The number of amides is 1. The third-order valence-electron chi connectivity index (χ3n) is 5.24. The average molecular weight is 465 g/mol. The number of nitriles is 1. The molecule has 0 radical (unpaired) electrons. The van der Waals surface area contributed by atoms with Crippen molar-refractivity contribution >= 4 is 12.0 Å². The Morgan fingerprint density at radius 1 is 1.23 bits per heavy atom. The molecule has 0 fully saturated rings. The molecule has 2 aromatic heterocycles. The van der Waals surface area contributed by atoms with E-state index in [0.29, 0.717) is 23.6 Å². The predicted molar refractivity (Wildman–Crippen MR) is 134 cm³/mol. The van der Waals surface area contributed by atoms with E-state index in [2.05, 4.69) is 11.9 Å². The highest BCUT2D eigenvalue weighted by Gasteiger charge is 2.16. The van der Waals surface area contributed by atoms with Crippen molar-refractivity contribution in [3.05, 3.63) is 108 Å². The SMILES string of the molecule is C=CCOc1ccc(-c2nn(-c3ccccc3)cc2C=C(C#N)C(=O)NCc2ccco2)cc1C. The van der Waals surface area contributed by atoms with Gasteiger partial charge in [-0.25, -0.2) is 4.68 Å². The first-order chi connectivity index (χ1) is 17.1. The lowest BCUT2D eigenvalue weighted by atomic mass is 10.0. The quantitative estimate of drug-likeness (QED) is 0.208. The van der Waals surface area contributed by atoms with Crippen molar-refractivity contribution in [2.45, 2.75) is 13.5 Å². The van der Waals surface area contributed by atoms with Crippen LogP contribution in [0.3, 0.4) is 0 Å². The molecule has 0 saturated heterocycles. The standard InChI is InChI=1S/C28H24N4O3/c1-3-13-35-26-12-11-21(15-20(26)2)27-23(19-32(31-27)24-8-5-4-6-9-24)16-22(17-29)28(33)30-18-25-10-7-14-34-25/h3-12,14-16,19H,1,13,18H2,2H3,(H,30,33). The molecule has 4 aromatic rings. The molecule has 0 aliphatic carbocycles. The Hall–Kier alpha value is -4.83. The molecular formula is C28H24N4O3. The summed E-state index contributed by atoms with van der Waals surface area (Å²) in [6, 6.07) is 20.9. The molecule has 0 saturated carbocycles. The van der Waals surface area contributed by atoms with Crippen molar-refractivity contribution in [1.29, 1.82) is 5.26 Å². The molecule has 7 nitrogen and oxygen atoms in total. The van der Waals surface area contributed by atoms with Crippen LogP contribution in [0.5, 0.6) is 5.75 Å². The van der Waals surface area contributed by atoms with Crippen LogP contribution in [-0.2, 0) is 11.3 Å². The molecule has 0 aliphatic heterocycles. The molecule has 0 spiro atoms. The number of carbonyl (C=O) groups excluding carboxylic acids is 1. The molecule has 0 unspecified atom stereocenters. The van der Waals surface area contributed by atoms with E-state index in [-0.39, 0.29) is 12.1 Å². The van der Waals surface area contributed by atoms with Gasteiger partial charge in [-0.3, -0.25) is 4.79 Å². The highest BCUT2D eigenvalue weighted by molar-refractivity contribution is 6.02. The first-order valence-electron chi connectivity index (χ1n) is 11.0. The number of benzene rings is 2. The number of furan rings is 1. The number of carbonyl (C=O) groups is 1. The third kappa shape index (κ3) is 5.57. The summed E-state index contributed by atoms with van der Waals surface area (Å²) in [5.41, 5.74) is 3.87. The Labute approximate surface area is 203 Å². The van der Waals surface area contributed by atoms with E-state index in [0.717, 1.165) is 22.6 Å². The number of hydrogen-bond acceptors (Lipinski definition) is 5. The number of aryl methyl sites for hydroxylation is 1. The predicted octanol–water partition coefficient (Wildman–Crippen LogP) is 5.23. The molecular weight excluding hydrogens is 440 g/mol. The van der Waals surface area contributed by atoms with Crippen LogP contribution in [0.2, 0.25) is 0 Å². The summed E-state index contributed by atoms with van der Waals surface area (Å²) < 4.78 is 12.7.